The van der Waals surface area contributed by atoms with Gasteiger partial charge in [0, 0.05) is 19.4 Å². The summed E-state index contributed by atoms with van der Waals surface area (Å²) in [5.41, 5.74) is 0. The molecule has 1 aromatic heterocycles. The third-order valence-corrected chi connectivity index (χ3v) is 4.07. The number of nitrogens with zero attached hydrogens (tertiary/aromatic N) is 3. The number of amides is 2. The molecule has 1 aliphatic carbocycles. The molecule has 1 atom stereocenters. The number of carbonyl (C=O) groups is 2. The molecule has 0 radical (unpaired) electrons. The first kappa shape index (κ1) is 15.6. The van der Waals surface area contributed by atoms with Crippen molar-refractivity contribution < 1.29 is 22.9 Å². The van der Waals surface area contributed by atoms with E-state index in [1.165, 1.54) is 7.05 Å². The summed E-state index contributed by atoms with van der Waals surface area (Å²) in [4.78, 5) is 28.9. The molecule has 2 heterocycles. The number of hydrogen-bond donors (Lipinski definition) is 1. The van der Waals surface area contributed by atoms with Gasteiger partial charge in [-0.15, -0.1) is 0 Å². The maximum Gasteiger partial charge on any atom is 0.292 e. The Hall–Kier alpha value is -2.32. The van der Waals surface area contributed by atoms with Crippen LogP contribution in [0.25, 0.3) is 0 Å². The summed E-state index contributed by atoms with van der Waals surface area (Å²) >= 11 is 0. The Bertz CT molecular complexity index is 650. The lowest BCUT2D eigenvalue weighted by Crippen LogP contribution is -2.37. The standard InChI is InChI=1S/C14H16F2N4O3/c1-17-11(21)10-18-12(23-19-10)9-6-14(15,16)7-20(9)13(22)8-4-2-3-5-8/h2-3,8-9H,4-7H2,1H3,(H,17,21)/t9-/m0/s1. The van der Waals surface area contributed by atoms with Crippen LogP contribution in [0.4, 0.5) is 8.78 Å². The lowest BCUT2D eigenvalue weighted by molar-refractivity contribution is -0.137. The Morgan fingerprint density at radius 2 is 2.09 bits per heavy atom. The summed E-state index contributed by atoms with van der Waals surface area (Å²) in [6.45, 7) is -0.676. The van der Waals surface area contributed by atoms with Crippen molar-refractivity contribution in [1.29, 1.82) is 0 Å². The van der Waals surface area contributed by atoms with Gasteiger partial charge in [-0.25, -0.2) is 8.78 Å². The molecule has 124 valence electrons. The average molecular weight is 326 g/mol. The molecule has 9 heteroatoms. The average Bonchev–Trinajstić information content (AvgIpc) is 3.24. The van der Waals surface area contributed by atoms with Gasteiger partial charge in [0.25, 0.3) is 17.7 Å². The SMILES string of the molecule is CNC(=O)c1noc([C@@H]2CC(F)(F)CN2C(=O)C2CC=CC2)n1. The van der Waals surface area contributed by atoms with E-state index in [0.717, 1.165) is 4.90 Å². The summed E-state index contributed by atoms with van der Waals surface area (Å²) in [6.07, 6.45) is 4.22. The predicted molar refractivity (Wildman–Crippen MR) is 73.6 cm³/mol. The van der Waals surface area contributed by atoms with Gasteiger partial charge in [-0.3, -0.25) is 9.59 Å². The molecule has 1 aromatic rings. The molecule has 0 bridgehead atoms. The highest BCUT2D eigenvalue weighted by molar-refractivity contribution is 5.89. The van der Waals surface area contributed by atoms with Gasteiger partial charge in [-0.1, -0.05) is 17.3 Å². The highest BCUT2D eigenvalue weighted by Crippen LogP contribution is 2.42. The van der Waals surface area contributed by atoms with Crippen molar-refractivity contribution in [2.75, 3.05) is 13.6 Å². The summed E-state index contributed by atoms with van der Waals surface area (Å²) in [5, 5.41) is 5.80. The zero-order valence-corrected chi connectivity index (χ0v) is 12.5. The number of hydrogen-bond acceptors (Lipinski definition) is 5. The third kappa shape index (κ3) is 2.95. The van der Waals surface area contributed by atoms with Crippen molar-refractivity contribution in [3.63, 3.8) is 0 Å². The lowest BCUT2D eigenvalue weighted by Gasteiger charge is -2.24. The molecule has 0 saturated carbocycles. The number of nitrogens with one attached hydrogen (secondary N) is 1. The third-order valence-electron chi connectivity index (χ3n) is 4.07. The van der Waals surface area contributed by atoms with E-state index < -0.39 is 30.8 Å². The van der Waals surface area contributed by atoms with Crippen molar-refractivity contribution in [3.05, 3.63) is 23.9 Å². The Morgan fingerprint density at radius 3 is 2.74 bits per heavy atom. The quantitative estimate of drug-likeness (QED) is 0.846. The molecule has 3 rings (SSSR count). The van der Waals surface area contributed by atoms with Crippen LogP contribution >= 0.6 is 0 Å². The molecule has 1 saturated heterocycles. The molecule has 23 heavy (non-hydrogen) atoms. The van der Waals surface area contributed by atoms with Gasteiger partial charge in [0.2, 0.25) is 11.8 Å². The van der Waals surface area contributed by atoms with E-state index in [2.05, 4.69) is 15.5 Å². The molecule has 0 unspecified atom stereocenters. The van der Waals surface area contributed by atoms with Crippen LogP contribution in [0.15, 0.2) is 16.7 Å². The Labute approximate surface area is 130 Å². The molecular formula is C14H16F2N4O3. The minimum absolute atomic E-state index is 0.139. The maximum atomic E-state index is 13.8. The van der Waals surface area contributed by atoms with Gasteiger partial charge in [-0.2, -0.15) is 4.98 Å². The zero-order valence-electron chi connectivity index (χ0n) is 12.5. The van der Waals surface area contributed by atoms with E-state index in [0.29, 0.717) is 12.8 Å². The summed E-state index contributed by atoms with van der Waals surface area (Å²) in [7, 11) is 1.39. The molecule has 2 aliphatic rings. The van der Waals surface area contributed by atoms with Crippen molar-refractivity contribution in [2.24, 2.45) is 5.92 Å². The smallest absolute Gasteiger partial charge is 0.292 e. The summed E-state index contributed by atoms with van der Waals surface area (Å²) in [6, 6.07) is -1.01. The van der Waals surface area contributed by atoms with E-state index in [9.17, 15) is 18.4 Å². The monoisotopic (exact) mass is 326 g/mol. The Balaban J connectivity index is 1.84. The van der Waals surface area contributed by atoms with Crippen LogP contribution in [0.3, 0.4) is 0 Å². The molecule has 1 aliphatic heterocycles. The van der Waals surface area contributed by atoms with Gasteiger partial charge >= 0.3 is 0 Å². The first-order chi connectivity index (χ1) is 10.9. The maximum absolute atomic E-state index is 13.8. The van der Waals surface area contributed by atoms with Crippen LogP contribution in [0.1, 0.15) is 41.8 Å². The second-order valence-corrected chi connectivity index (χ2v) is 5.72. The highest BCUT2D eigenvalue weighted by atomic mass is 19.3. The minimum atomic E-state index is -3.02. The second-order valence-electron chi connectivity index (χ2n) is 5.72. The normalized spacial score (nSPS) is 23.4. The zero-order chi connectivity index (χ0) is 16.6. The Kier molecular flexibility index (Phi) is 3.87. The highest BCUT2D eigenvalue weighted by Gasteiger charge is 2.50. The fourth-order valence-electron chi connectivity index (χ4n) is 2.90. The second kappa shape index (κ2) is 5.71. The molecule has 2 amide bonds. The van der Waals surface area contributed by atoms with Crippen LogP contribution in [0.2, 0.25) is 0 Å². The lowest BCUT2D eigenvalue weighted by atomic mass is 10.1. The fourth-order valence-corrected chi connectivity index (χ4v) is 2.90. The van der Waals surface area contributed by atoms with Crippen LogP contribution in [0, 0.1) is 5.92 Å². The Morgan fingerprint density at radius 1 is 1.39 bits per heavy atom. The summed E-state index contributed by atoms with van der Waals surface area (Å²) in [5.74, 6) is -4.66. The predicted octanol–water partition coefficient (Wildman–Crippen LogP) is 1.30. The molecule has 0 spiro atoms. The number of allylic oxidation sites excluding steroid dienone is 2. The topological polar surface area (TPSA) is 88.3 Å². The largest absolute Gasteiger partial charge is 0.352 e. The molecular weight excluding hydrogens is 310 g/mol. The van der Waals surface area contributed by atoms with E-state index in [4.69, 9.17) is 4.52 Å². The number of aromatic nitrogens is 2. The van der Waals surface area contributed by atoms with Crippen LogP contribution in [0.5, 0.6) is 0 Å². The van der Waals surface area contributed by atoms with Gasteiger partial charge < -0.3 is 14.7 Å². The fraction of sp³-hybridized carbons (Fsp3) is 0.571. The minimum Gasteiger partial charge on any atom is -0.352 e. The first-order valence-electron chi connectivity index (χ1n) is 7.30. The van der Waals surface area contributed by atoms with Crippen LogP contribution < -0.4 is 5.32 Å². The number of alkyl halides is 2. The molecule has 1 fully saturated rings. The molecule has 1 N–H and O–H groups in total. The number of likely N-dealkylation sites (tertiary alicyclic amines) is 1. The van der Waals surface area contributed by atoms with Crippen molar-refractivity contribution in [2.45, 2.75) is 31.2 Å². The molecule has 7 nitrogen and oxygen atoms in total. The molecule has 0 aromatic carbocycles. The van der Waals surface area contributed by atoms with Gasteiger partial charge in [0.05, 0.1) is 6.54 Å². The number of rotatable bonds is 3. The van der Waals surface area contributed by atoms with Crippen molar-refractivity contribution >= 4 is 11.8 Å². The first-order valence-corrected chi connectivity index (χ1v) is 7.30. The summed E-state index contributed by atoms with van der Waals surface area (Å²) < 4.78 is 32.6. The van der Waals surface area contributed by atoms with Crippen LogP contribution in [-0.4, -0.2) is 46.4 Å². The van der Waals surface area contributed by atoms with Crippen molar-refractivity contribution in [1.82, 2.24) is 20.4 Å². The van der Waals surface area contributed by atoms with E-state index in [1.807, 2.05) is 12.2 Å². The van der Waals surface area contributed by atoms with Gasteiger partial charge in [-0.05, 0) is 12.8 Å². The van der Waals surface area contributed by atoms with Crippen LogP contribution in [-0.2, 0) is 4.79 Å². The van der Waals surface area contributed by atoms with E-state index in [-0.39, 0.29) is 23.5 Å². The number of halogens is 2. The van der Waals surface area contributed by atoms with E-state index in [1.54, 1.807) is 0 Å². The van der Waals surface area contributed by atoms with Gasteiger partial charge in [0.15, 0.2) is 0 Å². The van der Waals surface area contributed by atoms with Gasteiger partial charge in [0.1, 0.15) is 6.04 Å². The number of carbonyl (C=O) groups excluding carboxylic acids is 2. The van der Waals surface area contributed by atoms with Crippen molar-refractivity contribution in [3.8, 4) is 0 Å². The van der Waals surface area contributed by atoms with E-state index >= 15 is 0 Å².